The lowest BCUT2D eigenvalue weighted by molar-refractivity contribution is -0.314. The molecule has 16 atom stereocenters. The molecule has 3 aliphatic heterocycles. The second-order valence-corrected chi connectivity index (χ2v) is 16.1. The van der Waals surface area contributed by atoms with E-state index in [0.717, 1.165) is 56.9 Å². The molecule has 0 bridgehead atoms. The monoisotopic (exact) mass is 717 g/mol. The Balaban J connectivity index is 1.18. The van der Waals surface area contributed by atoms with E-state index in [1.54, 1.807) is 21.3 Å². The molecule has 6 aliphatic rings. The number of Topliss-reactive ketones (excluding diaryl/α,β-unsaturated/α-hetero) is 1. The fourth-order valence-corrected chi connectivity index (χ4v) is 10.2. The van der Waals surface area contributed by atoms with Gasteiger partial charge in [0.2, 0.25) is 0 Å². The highest BCUT2D eigenvalue weighted by atomic mass is 16.7. The van der Waals surface area contributed by atoms with Crippen LogP contribution in [0, 0.1) is 29.6 Å². The second kappa shape index (κ2) is 17.2. The van der Waals surface area contributed by atoms with Crippen molar-refractivity contribution < 1.29 is 47.5 Å². The largest absolute Gasteiger partial charge is 0.462 e. The Hall–Kier alpha value is -1.70. The average molecular weight is 718 g/mol. The van der Waals surface area contributed by atoms with Crippen molar-refractivity contribution in [3.05, 3.63) is 23.8 Å². The summed E-state index contributed by atoms with van der Waals surface area (Å²) >= 11 is 0. The maximum absolute atomic E-state index is 14.3. The fourth-order valence-electron chi connectivity index (χ4n) is 10.2. The van der Waals surface area contributed by atoms with Crippen molar-refractivity contribution >= 4 is 11.8 Å². The van der Waals surface area contributed by atoms with Crippen molar-refractivity contribution in [2.75, 3.05) is 35.4 Å². The number of carbonyl (C=O) groups is 2. The van der Waals surface area contributed by atoms with Crippen LogP contribution in [-0.4, -0.2) is 120 Å². The molecule has 3 saturated heterocycles. The van der Waals surface area contributed by atoms with Gasteiger partial charge < -0.3 is 42.8 Å². The number of nitrogens with zero attached hydrogens (tertiary/aromatic N) is 1. The summed E-state index contributed by atoms with van der Waals surface area (Å²) in [6, 6.07) is 0.346. The predicted octanol–water partition coefficient (Wildman–Crippen LogP) is 5.24. The first kappa shape index (κ1) is 39.0. The van der Waals surface area contributed by atoms with Gasteiger partial charge in [-0.15, -0.1) is 0 Å². The Morgan fingerprint density at radius 2 is 1.57 bits per heavy atom. The van der Waals surface area contributed by atoms with Gasteiger partial charge >= 0.3 is 5.97 Å². The highest BCUT2D eigenvalue weighted by molar-refractivity contribution is 5.97. The number of cyclic esters (lactones) is 1. The van der Waals surface area contributed by atoms with E-state index in [9.17, 15) is 9.59 Å². The lowest BCUT2D eigenvalue weighted by Crippen LogP contribution is -2.59. The number of likely N-dealkylation sites (N-methyl/N-ethyl adjacent to an activating group) is 1. The van der Waals surface area contributed by atoms with E-state index in [4.69, 9.17) is 37.9 Å². The Kier molecular flexibility index (Phi) is 13.1. The van der Waals surface area contributed by atoms with E-state index < -0.39 is 12.4 Å². The molecule has 1 saturated carbocycles. The lowest BCUT2D eigenvalue weighted by atomic mass is 9.70. The van der Waals surface area contributed by atoms with Gasteiger partial charge in [0.05, 0.1) is 30.8 Å². The number of allylic oxidation sites excluding steroid dienone is 4. The number of rotatable bonds is 9. The average Bonchev–Trinajstić information content (AvgIpc) is 3.67. The Morgan fingerprint density at radius 1 is 0.804 bits per heavy atom. The predicted molar refractivity (Wildman–Crippen MR) is 190 cm³/mol. The summed E-state index contributed by atoms with van der Waals surface area (Å²) in [7, 11) is 9.14. The number of ether oxygens (including phenoxy) is 8. The quantitative estimate of drug-likeness (QED) is 0.231. The van der Waals surface area contributed by atoms with Gasteiger partial charge in [-0.25, -0.2) is 0 Å². The molecule has 3 aliphatic carbocycles. The van der Waals surface area contributed by atoms with Gasteiger partial charge in [-0.05, 0) is 109 Å². The number of hydrogen-bond acceptors (Lipinski definition) is 11. The molecule has 11 nitrogen and oxygen atoms in total. The molecule has 0 amide bonds. The van der Waals surface area contributed by atoms with E-state index in [0.29, 0.717) is 18.4 Å². The molecule has 0 spiro atoms. The number of esters is 1. The summed E-state index contributed by atoms with van der Waals surface area (Å²) in [5.41, 5.74) is 0.766. The lowest BCUT2D eigenvalue weighted by Gasteiger charge is -2.44. The molecule has 51 heavy (non-hydrogen) atoms. The minimum Gasteiger partial charge on any atom is -0.462 e. The number of ketones is 1. The molecule has 6 rings (SSSR count). The van der Waals surface area contributed by atoms with E-state index in [2.05, 4.69) is 51.1 Å². The van der Waals surface area contributed by atoms with Crippen molar-refractivity contribution in [2.45, 2.75) is 152 Å². The summed E-state index contributed by atoms with van der Waals surface area (Å²) < 4.78 is 49.3. The molecular formula is C40H63NO10. The standard InChI is InChI=1S/C40H63NO10/c1-9-25-11-10-12-26(50-36-16-15-33(41(4)5)22(2)47-36)19-34(42)32-20-30-28(31(32)21-35(43)49-25)14-13-24-17-27(18-29(24)30)51-40-39(46-8)38(45-7)37(44-6)23(3)48-40/h13-14,20,22-31,33,36-40H,9-12,15-19,21H2,1-8H3/t22-,23+,24-,25+,26+,27-,28-,29-,30-,31+,33+,36+,37+,38-,39-,40+/m1/s1. The van der Waals surface area contributed by atoms with Crippen LogP contribution in [0.4, 0.5) is 0 Å². The summed E-state index contributed by atoms with van der Waals surface area (Å²) in [5, 5.41) is 0. The topological polar surface area (TPSA) is 111 Å². The maximum Gasteiger partial charge on any atom is 0.306 e. The first-order chi connectivity index (χ1) is 24.5. The van der Waals surface area contributed by atoms with E-state index in [-0.39, 0.29) is 90.9 Å². The smallest absolute Gasteiger partial charge is 0.306 e. The molecule has 0 aromatic carbocycles. The van der Waals surface area contributed by atoms with Crippen LogP contribution >= 0.6 is 0 Å². The van der Waals surface area contributed by atoms with Crippen molar-refractivity contribution in [3.63, 3.8) is 0 Å². The molecule has 0 aromatic heterocycles. The Labute approximate surface area is 305 Å². The van der Waals surface area contributed by atoms with Crippen LogP contribution in [-0.2, 0) is 47.5 Å². The van der Waals surface area contributed by atoms with Gasteiger partial charge in [0.1, 0.15) is 24.4 Å². The van der Waals surface area contributed by atoms with E-state index in [1.165, 1.54) is 0 Å². The number of fused-ring (bicyclic) bond motifs is 5. The molecule has 0 N–H and O–H groups in total. The maximum atomic E-state index is 14.3. The molecule has 4 fully saturated rings. The van der Waals surface area contributed by atoms with Crippen molar-refractivity contribution in [3.8, 4) is 0 Å². The minimum atomic E-state index is -0.590. The molecule has 0 aromatic rings. The Bertz CT molecular complexity index is 1260. The third kappa shape index (κ3) is 8.51. The zero-order valence-corrected chi connectivity index (χ0v) is 32.1. The Morgan fingerprint density at radius 3 is 2.25 bits per heavy atom. The van der Waals surface area contributed by atoms with Gasteiger partial charge in [-0.3, -0.25) is 9.59 Å². The third-order valence-corrected chi connectivity index (χ3v) is 12.8. The summed E-state index contributed by atoms with van der Waals surface area (Å²) in [6.07, 6.45) is 11.2. The second-order valence-electron chi connectivity index (χ2n) is 16.1. The SMILES string of the molecule is CC[C@H]1CCC[C@H](O[C@H]2CC[C@H](N(C)C)[C@@H](C)O2)CC(=O)C2=C[C@@H]3[C@@H](C=C[C@@H]4C[C@@H](O[C@@H]5O[C@@H](C)[C@H](OC)[C@@H](OC)[C@H]5OC)C[C@@H]34)[C@@H]2CC(=O)O1. The highest BCUT2D eigenvalue weighted by Crippen LogP contribution is 2.54. The first-order valence-electron chi connectivity index (χ1n) is 19.5. The van der Waals surface area contributed by atoms with Crippen molar-refractivity contribution in [1.29, 1.82) is 0 Å². The van der Waals surface area contributed by atoms with Crippen LogP contribution < -0.4 is 0 Å². The van der Waals surface area contributed by atoms with Crippen LogP contribution in [0.5, 0.6) is 0 Å². The minimum absolute atomic E-state index is 0.0470. The van der Waals surface area contributed by atoms with Crippen LogP contribution in [0.1, 0.15) is 85.0 Å². The number of carbonyl (C=O) groups excluding carboxylic acids is 2. The molecular weight excluding hydrogens is 654 g/mol. The summed E-state index contributed by atoms with van der Waals surface area (Å²) in [5.74, 6) is 0.439. The highest BCUT2D eigenvalue weighted by Gasteiger charge is 2.52. The van der Waals surface area contributed by atoms with Crippen LogP contribution in [0.25, 0.3) is 0 Å². The molecule has 3 heterocycles. The van der Waals surface area contributed by atoms with Gasteiger partial charge in [0.15, 0.2) is 18.4 Å². The number of hydrogen-bond donors (Lipinski definition) is 0. The van der Waals surface area contributed by atoms with Crippen molar-refractivity contribution in [2.24, 2.45) is 29.6 Å². The molecule has 11 heteroatoms. The fraction of sp³-hybridized carbons (Fsp3) is 0.850. The van der Waals surface area contributed by atoms with Crippen LogP contribution in [0.15, 0.2) is 23.8 Å². The molecule has 0 radical (unpaired) electrons. The van der Waals surface area contributed by atoms with Crippen LogP contribution in [0.3, 0.4) is 0 Å². The zero-order valence-electron chi connectivity index (χ0n) is 32.1. The number of methoxy groups -OCH3 is 3. The van der Waals surface area contributed by atoms with Gasteiger partial charge in [-0.2, -0.15) is 0 Å². The zero-order chi connectivity index (χ0) is 36.4. The molecule has 288 valence electrons. The van der Waals surface area contributed by atoms with Crippen LogP contribution in [0.2, 0.25) is 0 Å². The van der Waals surface area contributed by atoms with E-state index >= 15 is 0 Å². The summed E-state index contributed by atoms with van der Waals surface area (Å²) in [6.45, 7) is 6.14. The van der Waals surface area contributed by atoms with Gasteiger partial charge in [-0.1, -0.05) is 25.2 Å². The van der Waals surface area contributed by atoms with Crippen molar-refractivity contribution in [1.82, 2.24) is 4.90 Å². The van der Waals surface area contributed by atoms with E-state index in [1.807, 2.05) is 6.92 Å². The summed E-state index contributed by atoms with van der Waals surface area (Å²) in [4.78, 5) is 29.9. The van der Waals surface area contributed by atoms with Gasteiger partial charge in [0, 0.05) is 39.7 Å². The first-order valence-corrected chi connectivity index (χ1v) is 19.5. The van der Waals surface area contributed by atoms with Gasteiger partial charge in [0.25, 0.3) is 0 Å². The normalized spacial score (nSPS) is 44.9. The third-order valence-electron chi connectivity index (χ3n) is 12.8. The molecule has 0 unspecified atom stereocenters.